The Labute approximate surface area is 400 Å². The van der Waals surface area contributed by atoms with E-state index in [9.17, 15) is 35.1 Å². The van der Waals surface area contributed by atoms with Gasteiger partial charge in [-0.2, -0.15) is 0 Å². The van der Waals surface area contributed by atoms with E-state index < -0.39 is 34.8 Å². The highest BCUT2D eigenvalue weighted by Crippen LogP contribution is 2.67. The minimum Gasteiger partial charge on any atom is -0.504 e. The highest BCUT2D eigenvalue weighted by atomic mass is 16.4. The van der Waals surface area contributed by atoms with Gasteiger partial charge in [-0.15, -0.1) is 0 Å². The summed E-state index contributed by atoms with van der Waals surface area (Å²) in [6.07, 6.45) is 37.4. The van der Waals surface area contributed by atoms with E-state index in [1.54, 1.807) is 5.57 Å². The Kier molecular flexibility index (Phi) is 22.9. The van der Waals surface area contributed by atoms with Gasteiger partial charge in [-0.1, -0.05) is 174 Å². The number of carboxylic acids is 1. The van der Waals surface area contributed by atoms with Gasteiger partial charge in [0.1, 0.15) is 0 Å². The first kappa shape index (κ1) is 55.1. The van der Waals surface area contributed by atoms with Crippen LogP contribution in [0, 0.1) is 46.3 Å². The summed E-state index contributed by atoms with van der Waals surface area (Å²) in [6.45, 7) is 14.8. The number of rotatable bonds is 23. The molecule has 6 N–H and O–H groups in total. The van der Waals surface area contributed by atoms with Crippen molar-refractivity contribution in [3.63, 3.8) is 0 Å². The largest absolute Gasteiger partial charge is 0.504 e. The van der Waals surface area contributed by atoms with E-state index in [1.807, 2.05) is 0 Å². The van der Waals surface area contributed by atoms with Crippen molar-refractivity contribution < 1.29 is 40.2 Å². The standard InChI is InChI=1S/C27H46O.C18H36O2.C13H10O5/c1-18(2)7-6-8-19(3)23-11-12-24-22-10-9-20-17-21(28)13-15-26(20,4)25(22)14-16-27(23,24)5;1-2-3-4-5-6-7-8-9-10-11-12-13-14-15-16-17-18(19)20;14-9-5-1-3-7(12(9)17)11(16)8-4-2-6-10(15)13(8)18/h9,18-19,21-25,28H,6-8,10-17H2,1-5H3;2-17H2,1H3,(H,19,20);1-6,14-15,17-18H/t19-,21+,22+,23-,24+,25+,26+,27-;;/m1../s1. The Morgan fingerprint density at radius 2 is 1.18 bits per heavy atom. The van der Waals surface area contributed by atoms with Gasteiger partial charge >= 0.3 is 5.97 Å². The van der Waals surface area contributed by atoms with Crippen molar-refractivity contribution in [1.82, 2.24) is 0 Å². The third kappa shape index (κ3) is 15.5. The fraction of sp³-hybridized carbons (Fsp3) is 0.724. The summed E-state index contributed by atoms with van der Waals surface area (Å²) in [7, 11) is 0. The van der Waals surface area contributed by atoms with Crippen LogP contribution < -0.4 is 0 Å². The zero-order chi connectivity index (χ0) is 48.3. The molecule has 0 unspecified atom stereocenters. The number of ketones is 1. The quantitative estimate of drug-likeness (QED) is 0.0279. The molecule has 0 radical (unpaired) electrons. The smallest absolute Gasteiger partial charge is 0.303 e. The molecule has 0 spiro atoms. The third-order valence-corrected chi connectivity index (χ3v) is 16.8. The van der Waals surface area contributed by atoms with Gasteiger partial charge in [-0.25, -0.2) is 0 Å². The summed E-state index contributed by atoms with van der Waals surface area (Å²) in [5.74, 6) is 2.12. The summed E-state index contributed by atoms with van der Waals surface area (Å²) in [4.78, 5) is 22.4. The summed E-state index contributed by atoms with van der Waals surface area (Å²) < 4.78 is 0. The molecule has 2 aromatic carbocycles. The van der Waals surface area contributed by atoms with Gasteiger partial charge in [0.25, 0.3) is 0 Å². The molecule has 4 aliphatic rings. The summed E-state index contributed by atoms with van der Waals surface area (Å²) in [6, 6.07) is 7.86. The maximum Gasteiger partial charge on any atom is 0.303 e. The van der Waals surface area contributed by atoms with E-state index in [0.717, 1.165) is 61.2 Å². The Morgan fingerprint density at radius 3 is 1.70 bits per heavy atom. The molecule has 3 fully saturated rings. The number of unbranched alkanes of at least 4 members (excludes halogenated alkanes) is 14. The van der Waals surface area contributed by atoms with Gasteiger partial charge in [0.2, 0.25) is 5.78 Å². The second kappa shape index (κ2) is 27.5. The first-order valence-corrected chi connectivity index (χ1v) is 26.7. The number of phenols is 4. The number of para-hydroxylation sites is 2. The van der Waals surface area contributed by atoms with E-state index >= 15 is 0 Å². The Bertz CT molecular complexity index is 1750. The number of aliphatic hydroxyl groups is 1. The molecule has 4 aliphatic carbocycles. The van der Waals surface area contributed by atoms with Crippen molar-refractivity contribution in [1.29, 1.82) is 0 Å². The van der Waals surface area contributed by atoms with Gasteiger partial charge in [-0.3, -0.25) is 9.59 Å². The van der Waals surface area contributed by atoms with Crippen LogP contribution in [0.25, 0.3) is 0 Å². The summed E-state index contributed by atoms with van der Waals surface area (Å²) >= 11 is 0. The fourth-order valence-corrected chi connectivity index (χ4v) is 12.9. The highest BCUT2D eigenvalue weighted by Gasteiger charge is 2.59. The van der Waals surface area contributed by atoms with Crippen molar-refractivity contribution in [2.45, 2.75) is 221 Å². The number of aliphatic hydroxyl groups excluding tert-OH is 1. The number of carboxylic acid groups (broad SMARTS) is 1. The first-order chi connectivity index (χ1) is 31.5. The van der Waals surface area contributed by atoms with E-state index in [-0.39, 0.29) is 17.2 Å². The van der Waals surface area contributed by atoms with Crippen LogP contribution in [0.1, 0.15) is 231 Å². The summed E-state index contributed by atoms with van der Waals surface area (Å²) in [5.41, 5.74) is 2.29. The van der Waals surface area contributed by atoms with Crippen molar-refractivity contribution >= 4 is 11.8 Å². The predicted octanol–water partition coefficient (Wildman–Crippen LogP) is 15.5. The molecular formula is C58H92O8. The monoisotopic (exact) mass is 917 g/mol. The second-order valence-corrected chi connectivity index (χ2v) is 22.0. The summed E-state index contributed by atoms with van der Waals surface area (Å²) in [5, 5.41) is 56.5. The molecule has 66 heavy (non-hydrogen) atoms. The molecule has 8 heteroatoms. The average Bonchev–Trinajstić information content (AvgIpc) is 3.64. The Hall–Kier alpha value is -3.52. The molecule has 3 saturated carbocycles. The molecule has 372 valence electrons. The number of benzene rings is 2. The van der Waals surface area contributed by atoms with Gasteiger partial charge in [0, 0.05) is 6.42 Å². The Balaban J connectivity index is 0.000000224. The van der Waals surface area contributed by atoms with Gasteiger partial charge < -0.3 is 30.6 Å². The van der Waals surface area contributed by atoms with Crippen LogP contribution in [-0.4, -0.2) is 48.5 Å². The lowest BCUT2D eigenvalue weighted by atomic mass is 9.47. The molecule has 0 saturated heterocycles. The molecule has 0 aromatic heterocycles. The van der Waals surface area contributed by atoms with Crippen LogP contribution in [0.15, 0.2) is 48.0 Å². The Morgan fingerprint density at radius 1 is 0.652 bits per heavy atom. The third-order valence-electron chi connectivity index (χ3n) is 16.8. The van der Waals surface area contributed by atoms with Crippen LogP contribution in [-0.2, 0) is 4.79 Å². The maximum absolute atomic E-state index is 12.1. The number of aromatic hydroxyl groups is 4. The number of aliphatic carboxylic acids is 1. The number of carbonyl (C=O) groups excluding carboxylic acids is 1. The minimum absolute atomic E-state index is 0.0766. The first-order valence-electron chi connectivity index (χ1n) is 26.7. The number of hydrogen-bond acceptors (Lipinski definition) is 7. The topological polar surface area (TPSA) is 156 Å². The number of allylic oxidation sites excluding steroid dienone is 1. The van der Waals surface area contributed by atoms with E-state index in [2.05, 4.69) is 47.6 Å². The van der Waals surface area contributed by atoms with Crippen molar-refractivity contribution in [2.24, 2.45) is 46.3 Å². The molecule has 0 amide bonds. The van der Waals surface area contributed by atoms with E-state index in [1.165, 1.54) is 178 Å². The van der Waals surface area contributed by atoms with Gasteiger partial charge in [-0.05, 0) is 128 Å². The van der Waals surface area contributed by atoms with Crippen molar-refractivity contribution in [2.75, 3.05) is 0 Å². The number of carbonyl (C=O) groups is 2. The highest BCUT2D eigenvalue weighted by molar-refractivity contribution is 6.13. The van der Waals surface area contributed by atoms with Gasteiger partial charge in [0.05, 0.1) is 17.2 Å². The van der Waals surface area contributed by atoms with Crippen molar-refractivity contribution in [3.8, 4) is 23.0 Å². The fourth-order valence-electron chi connectivity index (χ4n) is 12.9. The molecule has 0 heterocycles. The molecule has 0 bridgehead atoms. The minimum atomic E-state index is -0.697. The predicted molar refractivity (Wildman–Crippen MR) is 269 cm³/mol. The van der Waals surface area contributed by atoms with E-state index in [4.69, 9.17) is 5.11 Å². The van der Waals surface area contributed by atoms with Crippen LogP contribution in [0.2, 0.25) is 0 Å². The molecule has 0 aliphatic heterocycles. The lowest BCUT2D eigenvalue weighted by molar-refractivity contribution is -0.137. The van der Waals surface area contributed by atoms with Gasteiger partial charge in [0.15, 0.2) is 23.0 Å². The molecule has 8 nitrogen and oxygen atoms in total. The molecule has 6 rings (SSSR count). The van der Waals surface area contributed by atoms with Crippen LogP contribution in [0.5, 0.6) is 23.0 Å². The SMILES string of the molecule is CC(C)CCC[C@@H](C)[C@H]1CC[C@H]2[C@@H]3CC=C4C[C@@H](O)CC[C@]4(C)[C@H]3CC[C@]12C.CCCCCCCCCCCCCCCCCC(=O)O.O=C(c1cccc(O)c1O)c1cccc(O)c1O. The molecule has 8 atom stereocenters. The average molecular weight is 917 g/mol. The lowest BCUT2D eigenvalue weighted by Crippen LogP contribution is -2.50. The number of phenolic OH excluding ortho intramolecular Hbond substituents is 4. The van der Waals surface area contributed by atoms with Crippen LogP contribution in [0.3, 0.4) is 0 Å². The normalized spacial score (nSPS) is 25.8. The van der Waals surface area contributed by atoms with E-state index in [0.29, 0.717) is 17.3 Å². The zero-order valence-electron chi connectivity index (χ0n) is 42.2. The maximum atomic E-state index is 12.1. The van der Waals surface area contributed by atoms with Crippen LogP contribution in [0.4, 0.5) is 0 Å². The number of hydrogen-bond donors (Lipinski definition) is 6. The van der Waals surface area contributed by atoms with Crippen molar-refractivity contribution in [3.05, 3.63) is 59.2 Å². The second-order valence-electron chi connectivity index (χ2n) is 22.0. The number of fused-ring (bicyclic) bond motifs is 5. The lowest BCUT2D eigenvalue weighted by Gasteiger charge is -2.58. The molecular weight excluding hydrogens is 825 g/mol. The van der Waals surface area contributed by atoms with Crippen LogP contribution >= 0.6 is 0 Å². The molecule has 2 aromatic rings. The zero-order valence-corrected chi connectivity index (χ0v) is 42.2.